The smallest absolute Gasteiger partial charge is 0.198 e. The molecule has 0 unspecified atom stereocenters. The summed E-state index contributed by atoms with van der Waals surface area (Å²) in [5, 5.41) is 6.96. The highest BCUT2D eigenvalue weighted by molar-refractivity contribution is 7.71. The summed E-state index contributed by atoms with van der Waals surface area (Å²) in [7, 11) is 0. The van der Waals surface area contributed by atoms with Gasteiger partial charge in [0.15, 0.2) is 16.4 Å². The highest BCUT2D eigenvalue weighted by Gasteiger charge is 2.11. The fourth-order valence-corrected chi connectivity index (χ4v) is 1.71. The summed E-state index contributed by atoms with van der Waals surface area (Å²) in [6.07, 6.45) is 1.01. The standard InChI is InChI=1S/C10H13N3OS/c1-3-6-13-9(11-12-10(13)15)8-5-4-7(2)14-8/h4-5H,3,6H2,1-2H3,(H,12,15). The van der Waals surface area contributed by atoms with Gasteiger partial charge in [-0.3, -0.25) is 9.67 Å². The zero-order valence-corrected chi connectivity index (χ0v) is 9.60. The Kier molecular flexibility index (Phi) is 2.73. The number of aromatic nitrogens is 3. The fourth-order valence-electron chi connectivity index (χ4n) is 1.49. The Labute approximate surface area is 92.9 Å². The van der Waals surface area contributed by atoms with Crippen LogP contribution in [-0.2, 0) is 6.54 Å². The molecule has 0 spiro atoms. The van der Waals surface area contributed by atoms with Gasteiger partial charge >= 0.3 is 0 Å². The van der Waals surface area contributed by atoms with E-state index in [9.17, 15) is 0 Å². The van der Waals surface area contributed by atoms with Crippen LogP contribution >= 0.6 is 12.2 Å². The van der Waals surface area contributed by atoms with Crippen LogP contribution in [0.15, 0.2) is 16.5 Å². The van der Waals surface area contributed by atoms with Crippen molar-refractivity contribution in [3.8, 4) is 11.6 Å². The molecule has 0 atom stereocenters. The van der Waals surface area contributed by atoms with Gasteiger partial charge < -0.3 is 4.42 Å². The second-order valence-corrected chi connectivity index (χ2v) is 3.80. The molecule has 0 saturated carbocycles. The molecular formula is C10H13N3OS. The first kappa shape index (κ1) is 10.2. The number of H-pyrrole nitrogens is 1. The minimum absolute atomic E-state index is 0.640. The number of rotatable bonds is 3. The zero-order chi connectivity index (χ0) is 10.8. The van der Waals surface area contributed by atoms with E-state index in [0.717, 1.165) is 30.3 Å². The molecule has 15 heavy (non-hydrogen) atoms. The van der Waals surface area contributed by atoms with Crippen molar-refractivity contribution in [2.24, 2.45) is 0 Å². The van der Waals surface area contributed by atoms with Gasteiger partial charge in [-0.25, -0.2) is 0 Å². The van der Waals surface area contributed by atoms with Gasteiger partial charge in [0.1, 0.15) is 5.76 Å². The third kappa shape index (κ3) is 1.87. The number of furan rings is 1. The van der Waals surface area contributed by atoms with Gasteiger partial charge in [0.05, 0.1) is 0 Å². The number of hydrogen-bond acceptors (Lipinski definition) is 3. The molecule has 0 bridgehead atoms. The second kappa shape index (κ2) is 4.02. The van der Waals surface area contributed by atoms with Crippen molar-refractivity contribution in [1.82, 2.24) is 14.8 Å². The van der Waals surface area contributed by atoms with E-state index >= 15 is 0 Å². The van der Waals surface area contributed by atoms with E-state index in [0.29, 0.717) is 4.77 Å². The van der Waals surface area contributed by atoms with Crippen molar-refractivity contribution in [3.05, 3.63) is 22.7 Å². The molecule has 2 aromatic rings. The molecule has 0 aliphatic rings. The van der Waals surface area contributed by atoms with E-state index in [-0.39, 0.29) is 0 Å². The summed E-state index contributed by atoms with van der Waals surface area (Å²) in [6, 6.07) is 3.83. The van der Waals surface area contributed by atoms with E-state index in [1.165, 1.54) is 0 Å². The molecule has 0 radical (unpaired) electrons. The summed E-state index contributed by atoms with van der Waals surface area (Å²) >= 11 is 5.15. The van der Waals surface area contributed by atoms with Crippen LogP contribution in [0.1, 0.15) is 19.1 Å². The van der Waals surface area contributed by atoms with E-state index in [1.807, 2.05) is 23.6 Å². The highest BCUT2D eigenvalue weighted by atomic mass is 32.1. The van der Waals surface area contributed by atoms with Crippen LogP contribution in [-0.4, -0.2) is 14.8 Å². The molecule has 5 heteroatoms. The lowest BCUT2D eigenvalue weighted by atomic mass is 10.4. The van der Waals surface area contributed by atoms with Crippen LogP contribution in [0.2, 0.25) is 0 Å². The Morgan fingerprint density at radius 1 is 1.53 bits per heavy atom. The van der Waals surface area contributed by atoms with Crippen molar-refractivity contribution in [2.75, 3.05) is 0 Å². The molecule has 1 N–H and O–H groups in total. The lowest BCUT2D eigenvalue weighted by Crippen LogP contribution is -1.99. The molecule has 2 aromatic heterocycles. The van der Waals surface area contributed by atoms with Gasteiger partial charge in [-0.1, -0.05) is 6.92 Å². The Morgan fingerprint density at radius 3 is 2.93 bits per heavy atom. The van der Waals surface area contributed by atoms with E-state index in [1.54, 1.807) is 0 Å². The third-order valence-electron chi connectivity index (χ3n) is 2.17. The normalized spacial score (nSPS) is 10.8. The Balaban J connectivity index is 2.48. The van der Waals surface area contributed by atoms with Crippen LogP contribution in [0.25, 0.3) is 11.6 Å². The SMILES string of the molecule is CCCn1c(-c2ccc(C)o2)n[nH]c1=S. The van der Waals surface area contributed by atoms with Crippen LogP contribution < -0.4 is 0 Å². The third-order valence-corrected chi connectivity index (χ3v) is 2.48. The van der Waals surface area contributed by atoms with Crippen LogP contribution in [0, 0.1) is 11.7 Å². The first-order valence-electron chi connectivity index (χ1n) is 4.94. The molecule has 80 valence electrons. The Morgan fingerprint density at radius 2 is 2.33 bits per heavy atom. The summed E-state index contributed by atoms with van der Waals surface area (Å²) in [6.45, 7) is 4.87. The maximum Gasteiger partial charge on any atom is 0.198 e. The predicted octanol–water partition coefficient (Wildman–Crippen LogP) is 2.92. The molecule has 2 heterocycles. The number of nitrogens with zero attached hydrogens (tertiary/aromatic N) is 2. The molecule has 0 saturated heterocycles. The van der Waals surface area contributed by atoms with Crippen molar-refractivity contribution >= 4 is 12.2 Å². The Hall–Kier alpha value is -1.36. The molecule has 4 nitrogen and oxygen atoms in total. The summed E-state index contributed by atoms with van der Waals surface area (Å²) in [4.78, 5) is 0. The summed E-state index contributed by atoms with van der Waals surface area (Å²) in [5.41, 5.74) is 0. The first-order valence-corrected chi connectivity index (χ1v) is 5.35. The van der Waals surface area contributed by atoms with Gasteiger partial charge in [-0.2, -0.15) is 5.10 Å². The lowest BCUT2D eigenvalue weighted by molar-refractivity contribution is 0.536. The zero-order valence-electron chi connectivity index (χ0n) is 8.78. The quantitative estimate of drug-likeness (QED) is 0.814. The van der Waals surface area contributed by atoms with Gasteiger partial charge in [0, 0.05) is 6.54 Å². The maximum absolute atomic E-state index is 5.52. The van der Waals surface area contributed by atoms with E-state index < -0.39 is 0 Å². The molecule has 0 fully saturated rings. The van der Waals surface area contributed by atoms with E-state index in [2.05, 4.69) is 17.1 Å². The monoisotopic (exact) mass is 223 g/mol. The molecule has 0 aromatic carbocycles. The van der Waals surface area contributed by atoms with Crippen molar-refractivity contribution in [2.45, 2.75) is 26.8 Å². The van der Waals surface area contributed by atoms with Crippen LogP contribution in [0.4, 0.5) is 0 Å². The maximum atomic E-state index is 5.52. The molecule has 2 rings (SSSR count). The number of nitrogens with one attached hydrogen (secondary N) is 1. The minimum Gasteiger partial charge on any atom is -0.458 e. The largest absolute Gasteiger partial charge is 0.458 e. The highest BCUT2D eigenvalue weighted by Crippen LogP contribution is 2.20. The average Bonchev–Trinajstić information content (AvgIpc) is 2.76. The summed E-state index contributed by atoms with van der Waals surface area (Å²) in [5.74, 6) is 2.41. The molecular weight excluding hydrogens is 210 g/mol. The first-order chi connectivity index (χ1) is 7.22. The van der Waals surface area contributed by atoms with Crippen molar-refractivity contribution in [3.63, 3.8) is 0 Å². The fraction of sp³-hybridized carbons (Fsp3) is 0.400. The predicted molar refractivity (Wildman–Crippen MR) is 60.1 cm³/mol. The number of hydrogen-bond donors (Lipinski definition) is 1. The van der Waals surface area contributed by atoms with E-state index in [4.69, 9.17) is 16.6 Å². The number of aromatic amines is 1. The average molecular weight is 223 g/mol. The van der Waals surface area contributed by atoms with Gasteiger partial charge in [-0.15, -0.1) is 0 Å². The van der Waals surface area contributed by atoms with Crippen molar-refractivity contribution in [1.29, 1.82) is 0 Å². The second-order valence-electron chi connectivity index (χ2n) is 3.41. The number of aryl methyl sites for hydroxylation is 1. The van der Waals surface area contributed by atoms with Gasteiger partial charge in [0.2, 0.25) is 0 Å². The minimum atomic E-state index is 0.640. The lowest BCUT2D eigenvalue weighted by Gasteiger charge is -2.01. The van der Waals surface area contributed by atoms with Gasteiger partial charge in [-0.05, 0) is 37.7 Å². The van der Waals surface area contributed by atoms with Crippen LogP contribution in [0.5, 0.6) is 0 Å². The molecule has 0 aliphatic carbocycles. The van der Waals surface area contributed by atoms with Crippen molar-refractivity contribution < 1.29 is 4.42 Å². The molecule has 0 aliphatic heterocycles. The summed E-state index contributed by atoms with van der Waals surface area (Å²) < 4.78 is 8.11. The van der Waals surface area contributed by atoms with Crippen LogP contribution in [0.3, 0.4) is 0 Å². The molecule has 0 amide bonds. The van der Waals surface area contributed by atoms with Gasteiger partial charge in [0.25, 0.3) is 0 Å². The topological polar surface area (TPSA) is 46.8 Å². The Bertz CT molecular complexity index is 509.